The molecule has 3 N–H and O–H groups in total. The van der Waals surface area contributed by atoms with E-state index in [2.05, 4.69) is 24.7 Å². The van der Waals surface area contributed by atoms with Crippen molar-refractivity contribution >= 4 is 27.6 Å². The largest absolute Gasteiger partial charge is 0.496 e. The lowest BCUT2D eigenvalue weighted by Crippen LogP contribution is -2.56. The quantitative estimate of drug-likeness (QED) is 0.267. The Kier molecular flexibility index (Phi) is 10.6. The summed E-state index contributed by atoms with van der Waals surface area (Å²) < 4.78 is 39.7. The Balaban J connectivity index is 1.61. The van der Waals surface area contributed by atoms with E-state index in [0.717, 1.165) is 19.3 Å². The molecule has 3 aromatic rings. The highest BCUT2D eigenvalue weighted by atomic mass is 32.2. The predicted octanol–water partition coefficient (Wildman–Crippen LogP) is 2.33. The number of aromatic amines is 1. The van der Waals surface area contributed by atoms with Gasteiger partial charge in [0.05, 0.1) is 12.0 Å². The molecule has 0 saturated carbocycles. The molecule has 2 aromatic carbocycles. The van der Waals surface area contributed by atoms with Crippen molar-refractivity contribution in [2.24, 2.45) is 0 Å². The molecule has 0 bridgehead atoms. The number of hydrogen-bond acceptors (Lipinski definition) is 9. The van der Waals surface area contributed by atoms with E-state index in [1.54, 1.807) is 56.0 Å². The molecule has 1 aromatic heterocycles. The molecule has 0 aliphatic carbocycles. The van der Waals surface area contributed by atoms with Gasteiger partial charge in [0, 0.05) is 31.5 Å². The number of nitrogens with one attached hydrogen (secondary N) is 3. The van der Waals surface area contributed by atoms with E-state index in [1.807, 2.05) is 0 Å². The van der Waals surface area contributed by atoms with Crippen LogP contribution in [0.5, 0.6) is 5.75 Å². The number of ketones is 1. The fourth-order valence-electron chi connectivity index (χ4n) is 5.56. The lowest BCUT2D eigenvalue weighted by molar-refractivity contribution is -0.137. The van der Waals surface area contributed by atoms with E-state index in [4.69, 9.17) is 4.74 Å². The maximum Gasteiger partial charge on any atom is 0.439 e. The average molecular weight is 642 g/mol. The molecule has 2 heterocycles. The Morgan fingerprint density at radius 1 is 1.04 bits per heavy atom. The number of hydrogen-bond donors (Lipinski definition) is 3. The summed E-state index contributed by atoms with van der Waals surface area (Å²) >= 11 is 0. The normalized spacial score (nSPS) is 14.9. The second kappa shape index (κ2) is 14.2. The number of H-pyrrole nitrogens is 1. The Labute approximate surface area is 261 Å². The van der Waals surface area contributed by atoms with Crippen molar-refractivity contribution in [1.82, 2.24) is 25.1 Å². The molecular formula is C31H39N5O8S. The number of amides is 2. The van der Waals surface area contributed by atoms with Gasteiger partial charge in [0.15, 0.2) is 5.82 Å². The lowest BCUT2D eigenvalue weighted by Gasteiger charge is -2.31. The molecule has 1 fully saturated rings. The molecule has 2 amide bonds. The van der Waals surface area contributed by atoms with Gasteiger partial charge in [0.1, 0.15) is 23.6 Å². The third-order valence-electron chi connectivity index (χ3n) is 7.96. The molecule has 0 radical (unpaired) electrons. The van der Waals surface area contributed by atoms with E-state index in [1.165, 1.54) is 14.0 Å². The number of methoxy groups -OCH3 is 1. The first-order valence-corrected chi connectivity index (χ1v) is 16.2. The molecule has 4 rings (SSSR count). The SMILES string of the molecule is COc1cc(C)c(S(=O)(=O)NC(CC(C)=O)C(=O)NC(Cc2ccc(-c3noc(=O)[nH]3)cc2)C(=O)N2CCCCC2)c(C)c1C. The van der Waals surface area contributed by atoms with Crippen molar-refractivity contribution in [3.05, 3.63) is 63.1 Å². The van der Waals surface area contributed by atoms with Crippen LogP contribution in [-0.4, -0.2) is 73.3 Å². The summed E-state index contributed by atoms with van der Waals surface area (Å²) in [5, 5.41) is 6.42. The molecule has 0 spiro atoms. The van der Waals surface area contributed by atoms with E-state index in [-0.39, 0.29) is 23.0 Å². The molecule has 1 aliphatic rings. The fraction of sp³-hybridized carbons (Fsp3) is 0.452. The van der Waals surface area contributed by atoms with Gasteiger partial charge in [-0.05, 0) is 75.3 Å². The van der Waals surface area contributed by atoms with Crippen LogP contribution in [-0.2, 0) is 30.8 Å². The standard InChI is InChI=1S/C31H39N5O8S/c1-18-15-26(43-5)20(3)21(4)27(18)45(41,42)35-24(16-19(2)37)29(38)32-25(30(39)36-13-7-6-8-14-36)17-22-9-11-23(12-10-22)28-33-31(40)44-34-28/h9-12,15,24-25,35H,6-8,13-14,16-17H2,1-5H3,(H,32,38)(H,33,34,40). The number of carbonyl (C=O) groups is 3. The van der Waals surface area contributed by atoms with Crippen LogP contribution in [0.4, 0.5) is 0 Å². The van der Waals surface area contributed by atoms with Crippen molar-refractivity contribution in [2.75, 3.05) is 20.2 Å². The molecule has 13 nitrogen and oxygen atoms in total. The van der Waals surface area contributed by atoms with Crippen LogP contribution in [0.15, 0.2) is 44.5 Å². The number of rotatable bonds is 12. The average Bonchev–Trinajstić information content (AvgIpc) is 3.44. The molecule has 1 aliphatic heterocycles. The Hall–Kier alpha value is -4.30. The van der Waals surface area contributed by atoms with Crippen LogP contribution in [0, 0.1) is 20.8 Å². The van der Waals surface area contributed by atoms with Gasteiger partial charge in [-0.2, -0.15) is 4.72 Å². The van der Waals surface area contributed by atoms with Crippen molar-refractivity contribution in [3.8, 4) is 17.1 Å². The van der Waals surface area contributed by atoms with E-state index >= 15 is 0 Å². The summed E-state index contributed by atoms with van der Waals surface area (Å²) in [6.07, 6.45) is 2.37. The maximum atomic E-state index is 13.7. The lowest BCUT2D eigenvalue weighted by atomic mass is 10.0. The summed E-state index contributed by atoms with van der Waals surface area (Å²) in [5.41, 5.74) is 2.79. The number of benzene rings is 2. The second-order valence-electron chi connectivity index (χ2n) is 11.3. The van der Waals surface area contributed by atoms with Crippen molar-refractivity contribution < 1.29 is 32.1 Å². The highest BCUT2D eigenvalue weighted by Crippen LogP contribution is 2.30. The summed E-state index contributed by atoms with van der Waals surface area (Å²) in [4.78, 5) is 55.1. The first-order chi connectivity index (χ1) is 21.3. The van der Waals surface area contributed by atoms with Crippen LogP contribution >= 0.6 is 0 Å². The van der Waals surface area contributed by atoms with Crippen LogP contribution in [0.3, 0.4) is 0 Å². The Bertz CT molecular complexity index is 1720. The minimum Gasteiger partial charge on any atom is -0.496 e. The van der Waals surface area contributed by atoms with Crippen LogP contribution < -0.4 is 20.5 Å². The number of likely N-dealkylation sites (tertiary alicyclic amines) is 1. The van der Waals surface area contributed by atoms with Crippen LogP contribution in [0.1, 0.15) is 54.9 Å². The Morgan fingerprint density at radius 2 is 1.71 bits per heavy atom. The fourth-order valence-corrected chi connectivity index (χ4v) is 7.29. The van der Waals surface area contributed by atoms with Gasteiger partial charge in [-0.25, -0.2) is 13.2 Å². The number of sulfonamides is 1. The number of Topliss-reactive ketones (excluding diaryl/α,β-unsaturated/α-hetero) is 1. The number of aromatic nitrogens is 2. The van der Waals surface area contributed by atoms with Crippen LogP contribution in [0.2, 0.25) is 0 Å². The summed E-state index contributed by atoms with van der Waals surface area (Å²) in [6.45, 7) is 7.37. The zero-order chi connectivity index (χ0) is 32.9. The molecular weight excluding hydrogens is 602 g/mol. The predicted molar refractivity (Wildman–Crippen MR) is 165 cm³/mol. The molecule has 45 heavy (non-hydrogen) atoms. The summed E-state index contributed by atoms with van der Waals surface area (Å²) in [7, 11) is -2.78. The van der Waals surface area contributed by atoms with Gasteiger partial charge in [-0.3, -0.25) is 23.9 Å². The summed E-state index contributed by atoms with van der Waals surface area (Å²) in [6, 6.07) is 5.98. The van der Waals surface area contributed by atoms with Gasteiger partial charge >= 0.3 is 5.76 Å². The third-order valence-corrected chi connectivity index (χ3v) is 9.72. The summed E-state index contributed by atoms with van der Waals surface area (Å²) in [5.74, 6) is -1.40. The van der Waals surface area contributed by atoms with Crippen molar-refractivity contribution in [3.63, 3.8) is 0 Å². The first-order valence-electron chi connectivity index (χ1n) is 14.7. The topological polar surface area (TPSA) is 181 Å². The van der Waals surface area contributed by atoms with Gasteiger partial charge in [-0.1, -0.05) is 29.4 Å². The molecule has 14 heteroatoms. The molecule has 2 unspecified atom stereocenters. The highest BCUT2D eigenvalue weighted by Gasteiger charge is 2.34. The van der Waals surface area contributed by atoms with Gasteiger partial charge in [0.2, 0.25) is 21.8 Å². The number of carbonyl (C=O) groups excluding carboxylic acids is 3. The van der Waals surface area contributed by atoms with Crippen molar-refractivity contribution in [1.29, 1.82) is 0 Å². The number of piperidine rings is 1. The van der Waals surface area contributed by atoms with Gasteiger partial charge in [0.25, 0.3) is 0 Å². The van der Waals surface area contributed by atoms with Gasteiger partial charge in [-0.15, -0.1) is 0 Å². The number of nitrogens with zero attached hydrogens (tertiary/aromatic N) is 2. The van der Waals surface area contributed by atoms with Crippen LogP contribution in [0.25, 0.3) is 11.4 Å². The van der Waals surface area contributed by atoms with E-state index in [0.29, 0.717) is 46.7 Å². The zero-order valence-electron chi connectivity index (χ0n) is 26.1. The Morgan fingerprint density at radius 3 is 2.29 bits per heavy atom. The first kappa shape index (κ1) is 33.6. The van der Waals surface area contributed by atoms with Crippen molar-refractivity contribution in [2.45, 2.75) is 76.8 Å². The monoisotopic (exact) mass is 641 g/mol. The smallest absolute Gasteiger partial charge is 0.439 e. The minimum atomic E-state index is -4.28. The van der Waals surface area contributed by atoms with Gasteiger partial charge < -0.3 is 15.0 Å². The third kappa shape index (κ3) is 8.05. The number of aryl methyl sites for hydroxylation is 1. The minimum absolute atomic E-state index is 0.00311. The number of ether oxygens (including phenoxy) is 1. The highest BCUT2D eigenvalue weighted by molar-refractivity contribution is 7.89. The zero-order valence-corrected chi connectivity index (χ0v) is 26.9. The molecule has 242 valence electrons. The van der Waals surface area contributed by atoms with E-state index < -0.39 is 46.0 Å². The van der Waals surface area contributed by atoms with E-state index in [9.17, 15) is 27.6 Å². The molecule has 2 atom stereocenters. The molecule has 1 saturated heterocycles. The second-order valence-corrected chi connectivity index (χ2v) is 13.0. The maximum absolute atomic E-state index is 13.7.